The van der Waals surface area contributed by atoms with Crippen LogP contribution in [0.25, 0.3) is 0 Å². The summed E-state index contributed by atoms with van der Waals surface area (Å²) in [6.45, 7) is 0. The molecule has 4 nitrogen and oxygen atoms in total. The molecule has 2 aromatic carbocycles. The maximum absolute atomic E-state index is 5.91. The summed E-state index contributed by atoms with van der Waals surface area (Å²) in [5, 5.41) is 1.25. The van der Waals surface area contributed by atoms with E-state index < -0.39 is 0 Å². The highest BCUT2D eigenvalue weighted by molar-refractivity contribution is 6.30. The minimum absolute atomic E-state index is 0.0143. The van der Waals surface area contributed by atoms with Gasteiger partial charge in [0.05, 0.1) is 6.07 Å². The highest BCUT2D eigenvalue weighted by Gasteiger charge is 2.08. The molecule has 0 unspecified atom stereocenters. The van der Waals surface area contributed by atoms with Gasteiger partial charge in [-0.3, -0.25) is 0 Å². The molecule has 1 heterocycles. The van der Waals surface area contributed by atoms with Crippen molar-refractivity contribution in [3.05, 3.63) is 69.9 Å². The van der Waals surface area contributed by atoms with Crippen LogP contribution in [0.3, 0.4) is 0 Å². The lowest BCUT2D eigenvalue weighted by molar-refractivity contribution is 0.434. The Morgan fingerprint density at radius 2 is 1.00 bits per heavy atom. The summed E-state index contributed by atoms with van der Waals surface area (Å²) >= 11 is 17.6. The van der Waals surface area contributed by atoms with Crippen molar-refractivity contribution in [3.63, 3.8) is 0 Å². The summed E-state index contributed by atoms with van der Waals surface area (Å²) in [4.78, 5) is 8.01. The van der Waals surface area contributed by atoms with Crippen LogP contribution < -0.4 is 9.47 Å². The molecule has 0 fully saturated rings. The Balaban J connectivity index is 1.81. The van der Waals surface area contributed by atoms with Crippen LogP contribution in [-0.4, -0.2) is 9.97 Å². The molecular weight excluding hydrogens is 359 g/mol. The number of benzene rings is 2. The van der Waals surface area contributed by atoms with Crippen molar-refractivity contribution < 1.29 is 9.47 Å². The van der Waals surface area contributed by atoms with Gasteiger partial charge >= 0.3 is 0 Å². The number of nitrogens with zero attached hydrogens (tertiary/aromatic N) is 2. The minimum Gasteiger partial charge on any atom is -0.439 e. The zero-order valence-corrected chi connectivity index (χ0v) is 13.8. The van der Waals surface area contributed by atoms with Gasteiger partial charge in [-0.05, 0) is 60.1 Å². The highest BCUT2D eigenvalue weighted by Crippen LogP contribution is 2.28. The third-order valence-corrected chi connectivity index (χ3v) is 3.40. The standard InChI is InChI=1S/C16H9Cl3N2O2/c17-10-1-5-12(6-2-10)22-14-9-15(21-16(19)20-14)23-13-7-3-11(18)4-8-13/h1-9H. The van der Waals surface area contributed by atoms with Crippen LogP contribution in [-0.2, 0) is 0 Å². The summed E-state index contributed by atoms with van der Waals surface area (Å²) in [6, 6.07) is 15.3. The number of halogens is 3. The fraction of sp³-hybridized carbons (Fsp3) is 0. The summed E-state index contributed by atoms with van der Waals surface area (Å²) in [5.41, 5.74) is 0. The molecule has 0 saturated heterocycles. The van der Waals surface area contributed by atoms with E-state index in [0.717, 1.165) is 0 Å². The van der Waals surface area contributed by atoms with Gasteiger partial charge in [0, 0.05) is 10.0 Å². The van der Waals surface area contributed by atoms with Gasteiger partial charge < -0.3 is 9.47 Å². The molecule has 0 bridgehead atoms. The molecule has 0 aliphatic heterocycles. The SMILES string of the molecule is Clc1ccc(Oc2cc(Oc3ccc(Cl)cc3)nc(Cl)n2)cc1. The van der Waals surface area contributed by atoms with Crippen LogP contribution in [0.2, 0.25) is 15.3 Å². The maximum Gasteiger partial charge on any atom is 0.228 e. The summed E-state index contributed by atoms with van der Waals surface area (Å²) in [5.74, 6) is 1.66. The maximum atomic E-state index is 5.91. The van der Waals surface area contributed by atoms with Crippen LogP contribution >= 0.6 is 34.8 Å². The van der Waals surface area contributed by atoms with E-state index in [4.69, 9.17) is 44.3 Å². The first kappa shape index (κ1) is 15.9. The Labute approximate surface area is 147 Å². The van der Waals surface area contributed by atoms with Gasteiger partial charge in [0.1, 0.15) is 11.5 Å². The average Bonchev–Trinajstić information content (AvgIpc) is 2.51. The van der Waals surface area contributed by atoms with Crippen LogP contribution in [0.4, 0.5) is 0 Å². The van der Waals surface area contributed by atoms with Crippen LogP contribution in [0.1, 0.15) is 0 Å². The normalized spacial score (nSPS) is 10.4. The zero-order valence-electron chi connectivity index (χ0n) is 11.5. The van der Waals surface area contributed by atoms with E-state index in [0.29, 0.717) is 21.5 Å². The van der Waals surface area contributed by atoms with Crippen molar-refractivity contribution in [2.24, 2.45) is 0 Å². The zero-order chi connectivity index (χ0) is 16.2. The van der Waals surface area contributed by atoms with Crippen LogP contribution in [0, 0.1) is 0 Å². The number of ether oxygens (including phenoxy) is 2. The third kappa shape index (κ3) is 4.48. The molecule has 0 amide bonds. The second-order valence-electron chi connectivity index (χ2n) is 4.43. The molecule has 116 valence electrons. The number of rotatable bonds is 4. The lowest BCUT2D eigenvalue weighted by atomic mass is 10.3. The molecule has 1 aromatic heterocycles. The lowest BCUT2D eigenvalue weighted by Gasteiger charge is -2.08. The average molecular weight is 368 g/mol. The van der Waals surface area contributed by atoms with E-state index in [1.807, 2.05) is 0 Å². The minimum atomic E-state index is 0.0143. The number of hydrogen-bond donors (Lipinski definition) is 0. The van der Waals surface area contributed by atoms with Crippen molar-refractivity contribution >= 4 is 34.8 Å². The largest absolute Gasteiger partial charge is 0.439 e. The molecule has 0 saturated carbocycles. The molecule has 0 spiro atoms. The molecule has 0 atom stereocenters. The Bertz CT molecular complexity index is 743. The summed E-state index contributed by atoms with van der Waals surface area (Å²) in [7, 11) is 0. The molecule has 23 heavy (non-hydrogen) atoms. The van der Waals surface area contributed by atoms with Gasteiger partial charge in [-0.15, -0.1) is 0 Å². The van der Waals surface area contributed by atoms with Crippen molar-refractivity contribution in [1.82, 2.24) is 9.97 Å². The topological polar surface area (TPSA) is 44.2 Å². The van der Waals surface area contributed by atoms with E-state index in [1.165, 1.54) is 6.07 Å². The monoisotopic (exact) mass is 366 g/mol. The van der Waals surface area contributed by atoms with E-state index in [1.54, 1.807) is 48.5 Å². The number of hydrogen-bond acceptors (Lipinski definition) is 4. The van der Waals surface area contributed by atoms with Crippen molar-refractivity contribution in [1.29, 1.82) is 0 Å². The first-order valence-corrected chi connectivity index (χ1v) is 7.63. The Kier molecular flexibility index (Phi) is 4.86. The second kappa shape index (κ2) is 7.04. The molecule has 0 aliphatic rings. The predicted octanol–water partition coefficient (Wildman–Crippen LogP) is 6.02. The molecule has 0 radical (unpaired) electrons. The fourth-order valence-corrected chi connectivity index (χ4v) is 2.15. The summed E-state index contributed by atoms with van der Waals surface area (Å²) < 4.78 is 11.2. The lowest BCUT2D eigenvalue weighted by Crippen LogP contribution is -1.94. The molecule has 0 aliphatic carbocycles. The Morgan fingerprint density at radius 3 is 1.39 bits per heavy atom. The molecule has 3 rings (SSSR count). The number of aromatic nitrogens is 2. The summed E-state index contributed by atoms with van der Waals surface area (Å²) in [6.07, 6.45) is 0. The molecule has 0 N–H and O–H groups in total. The molecular formula is C16H9Cl3N2O2. The van der Waals surface area contributed by atoms with E-state index in [-0.39, 0.29) is 17.0 Å². The van der Waals surface area contributed by atoms with Gasteiger partial charge in [0.2, 0.25) is 17.0 Å². The first-order chi connectivity index (χ1) is 11.1. The van der Waals surface area contributed by atoms with Gasteiger partial charge in [0.25, 0.3) is 0 Å². The third-order valence-electron chi connectivity index (χ3n) is 2.72. The van der Waals surface area contributed by atoms with Crippen LogP contribution in [0.5, 0.6) is 23.3 Å². The smallest absolute Gasteiger partial charge is 0.228 e. The first-order valence-electron chi connectivity index (χ1n) is 6.50. The van der Waals surface area contributed by atoms with E-state index >= 15 is 0 Å². The van der Waals surface area contributed by atoms with Crippen LogP contribution in [0.15, 0.2) is 54.6 Å². The van der Waals surface area contributed by atoms with E-state index in [9.17, 15) is 0 Å². The fourth-order valence-electron chi connectivity index (χ4n) is 1.73. The Morgan fingerprint density at radius 1 is 0.609 bits per heavy atom. The quantitative estimate of drug-likeness (QED) is 0.529. The molecule has 3 aromatic rings. The van der Waals surface area contributed by atoms with Crippen molar-refractivity contribution in [2.75, 3.05) is 0 Å². The van der Waals surface area contributed by atoms with Crippen molar-refractivity contribution in [3.8, 4) is 23.3 Å². The predicted molar refractivity (Wildman–Crippen MR) is 90.1 cm³/mol. The van der Waals surface area contributed by atoms with Gasteiger partial charge in [0.15, 0.2) is 0 Å². The van der Waals surface area contributed by atoms with E-state index in [2.05, 4.69) is 9.97 Å². The van der Waals surface area contributed by atoms with Gasteiger partial charge in [-0.2, -0.15) is 9.97 Å². The highest BCUT2D eigenvalue weighted by atomic mass is 35.5. The molecule has 7 heteroatoms. The van der Waals surface area contributed by atoms with Crippen molar-refractivity contribution in [2.45, 2.75) is 0 Å². The Hall–Kier alpha value is -2.01. The van der Waals surface area contributed by atoms with Gasteiger partial charge in [-0.1, -0.05) is 23.2 Å². The second-order valence-corrected chi connectivity index (χ2v) is 5.64. The van der Waals surface area contributed by atoms with Gasteiger partial charge in [-0.25, -0.2) is 0 Å².